The number of halogens is 4. The summed E-state index contributed by atoms with van der Waals surface area (Å²) in [6.07, 6.45) is 1.79. The standard InChI is InChI=1S/C14H11Cl3FN3/c15-9-3-4-10(18)14(17)8(9)7-21-5-1-2-11-12(21)6-13(16)20-19-11/h3-4,6H,1-2,5,7H2. The summed E-state index contributed by atoms with van der Waals surface area (Å²) in [5.74, 6) is -0.473. The van der Waals surface area contributed by atoms with Gasteiger partial charge in [-0.05, 0) is 25.0 Å². The first kappa shape index (κ1) is 14.8. The van der Waals surface area contributed by atoms with Gasteiger partial charge in [-0.15, -0.1) is 5.10 Å². The lowest BCUT2D eigenvalue weighted by Gasteiger charge is -2.30. The van der Waals surface area contributed by atoms with Gasteiger partial charge in [0.2, 0.25) is 0 Å². The minimum atomic E-state index is -0.473. The van der Waals surface area contributed by atoms with E-state index < -0.39 is 5.82 Å². The highest BCUT2D eigenvalue weighted by atomic mass is 35.5. The Morgan fingerprint density at radius 3 is 2.81 bits per heavy atom. The van der Waals surface area contributed by atoms with Crippen LogP contribution in [0.1, 0.15) is 17.7 Å². The predicted molar refractivity (Wildman–Crippen MR) is 82.8 cm³/mol. The predicted octanol–water partition coefficient (Wildman–Crippen LogP) is 4.53. The molecule has 7 heteroatoms. The maximum atomic E-state index is 13.6. The monoisotopic (exact) mass is 345 g/mol. The van der Waals surface area contributed by atoms with Crippen LogP contribution in [0.15, 0.2) is 18.2 Å². The van der Waals surface area contributed by atoms with Crippen LogP contribution in [-0.2, 0) is 13.0 Å². The largest absolute Gasteiger partial charge is 0.365 e. The van der Waals surface area contributed by atoms with Gasteiger partial charge in [-0.25, -0.2) is 4.39 Å². The molecule has 0 saturated heterocycles. The highest BCUT2D eigenvalue weighted by Gasteiger charge is 2.22. The zero-order chi connectivity index (χ0) is 15.0. The molecule has 0 saturated carbocycles. The van der Waals surface area contributed by atoms with E-state index in [1.807, 2.05) is 4.90 Å². The van der Waals surface area contributed by atoms with Crippen molar-refractivity contribution in [1.29, 1.82) is 0 Å². The summed E-state index contributed by atoms with van der Waals surface area (Å²) in [7, 11) is 0. The number of anilines is 1. The lowest BCUT2D eigenvalue weighted by atomic mass is 10.1. The second-order valence-corrected chi connectivity index (χ2v) is 6.02. The molecule has 1 aliphatic rings. The lowest BCUT2D eigenvalue weighted by molar-refractivity contribution is 0.622. The third-order valence-electron chi connectivity index (χ3n) is 3.49. The Morgan fingerprint density at radius 1 is 1.19 bits per heavy atom. The molecule has 0 atom stereocenters. The van der Waals surface area contributed by atoms with Crippen molar-refractivity contribution in [2.45, 2.75) is 19.4 Å². The van der Waals surface area contributed by atoms with Gasteiger partial charge in [-0.2, -0.15) is 5.10 Å². The van der Waals surface area contributed by atoms with Crippen molar-refractivity contribution in [3.05, 3.63) is 50.5 Å². The van der Waals surface area contributed by atoms with Crippen LogP contribution in [0.25, 0.3) is 0 Å². The van der Waals surface area contributed by atoms with Crippen LogP contribution in [-0.4, -0.2) is 16.7 Å². The van der Waals surface area contributed by atoms with E-state index in [2.05, 4.69) is 10.2 Å². The van der Waals surface area contributed by atoms with Crippen molar-refractivity contribution in [3.63, 3.8) is 0 Å². The molecule has 0 spiro atoms. The maximum absolute atomic E-state index is 13.6. The Morgan fingerprint density at radius 2 is 2.00 bits per heavy atom. The molecule has 1 aromatic heterocycles. The van der Waals surface area contributed by atoms with E-state index >= 15 is 0 Å². The van der Waals surface area contributed by atoms with E-state index in [4.69, 9.17) is 34.8 Å². The fourth-order valence-corrected chi connectivity index (χ4v) is 3.09. The number of rotatable bonds is 2. The van der Waals surface area contributed by atoms with Crippen LogP contribution in [0.2, 0.25) is 15.2 Å². The van der Waals surface area contributed by atoms with E-state index in [0.29, 0.717) is 22.3 Å². The molecule has 0 unspecified atom stereocenters. The molecule has 3 nitrogen and oxygen atoms in total. The topological polar surface area (TPSA) is 29.0 Å². The van der Waals surface area contributed by atoms with E-state index in [0.717, 1.165) is 30.8 Å². The van der Waals surface area contributed by atoms with Gasteiger partial charge >= 0.3 is 0 Å². The first-order chi connectivity index (χ1) is 10.1. The third-order valence-corrected chi connectivity index (χ3v) is 4.44. The molecule has 2 aromatic rings. The number of hydrogen-bond acceptors (Lipinski definition) is 3. The number of hydrogen-bond donors (Lipinski definition) is 0. The molecule has 0 bridgehead atoms. The van der Waals surface area contributed by atoms with Crippen LogP contribution in [0, 0.1) is 5.82 Å². The van der Waals surface area contributed by atoms with E-state index in [9.17, 15) is 4.39 Å². The highest BCUT2D eigenvalue weighted by molar-refractivity contribution is 6.36. The zero-order valence-corrected chi connectivity index (χ0v) is 13.2. The molecule has 0 radical (unpaired) electrons. The SMILES string of the molecule is Fc1ccc(Cl)c(CN2CCCc3nnc(Cl)cc32)c1Cl. The minimum absolute atomic E-state index is 0.0581. The van der Waals surface area contributed by atoms with Gasteiger partial charge in [0.25, 0.3) is 0 Å². The normalized spacial score (nSPS) is 14.2. The van der Waals surface area contributed by atoms with Gasteiger partial charge in [0.1, 0.15) is 5.82 Å². The summed E-state index contributed by atoms with van der Waals surface area (Å²) in [6.45, 7) is 1.21. The fraction of sp³-hybridized carbons (Fsp3) is 0.286. The zero-order valence-electron chi connectivity index (χ0n) is 10.9. The third kappa shape index (κ3) is 2.93. The van der Waals surface area contributed by atoms with Crippen LogP contribution < -0.4 is 4.90 Å². The molecule has 21 heavy (non-hydrogen) atoms. The summed E-state index contributed by atoms with van der Waals surface area (Å²) in [5.41, 5.74) is 2.35. The first-order valence-electron chi connectivity index (χ1n) is 6.45. The summed E-state index contributed by atoms with van der Waals surface area (Å²) >= 11 is 18.1. The quantitative estimate of drug-likeness (QED) is 0.748. The van der Waals surface area contributed by atoms with Gasteiger partial charge in [-0.1, -0.05) is 34.8 Å². The second-order valence-electron chi connectivity index (χ2n) is 4.85. The van der Waals surface area contributed by atoms with Crippen molar-refractivity contribution in [1.82, 2.24) is 10.2 Å². The van der Waals surface area contributed by atoms with Gasteiger partial charge < -0.3 is 4.90 Å². The van der Waals surface area contributed by atoms with Crippen LogP contribution in [0.3, 0.4) is 0 Å². The van der Waals surface area contributed by atoms with Crippen LogP contribution >= 0.6 is 34.8 Å². The Hall–Kier alpha value is -1.10. The molecule has 1 aliphatic heterocycles. The average molecular weight is 347 g/mol. The van der Waals surface area contributed by atoms with E-state index in [1.165, 1.54) is 12.1 Å². The van der Waals surface area contributed by atoms with Crippen LogP contribution in [0.4, 0.5) is 10.1 Å². The lowest BCUT2D eigenvalue weighted by Crippen LogP contribution is -2.30. The van der Waals surface area contributed by atoms with Gasteiger partial charge in [0, 0.05) is 29.7 Å². The number of fused-ring (bicyclic) bond motifs is 1. The van der Waals surface area contributed by atoms with Gasteiger partial charge in [-0.3, -0.25) is 0 Å². The molecule has 0 N–H and O–H groups in total. The summed E-state index contributed by atoms with van der Waals surface area (Å²) < 4.78 is 13.6. The highest BCUT2D eigenvalue weighted by Crippen LogP contribution is 2.33. The summed E-state index contributed by atoms with van der Waals surface area (Å²) in [4.78, 5) is 2.05. The maximum Gasteiger partial charge on any atom is 0.153 e. The Balaban J connectivity index is 1.98. The number of benzene rings is 1. The minimum Gasteiger partial charge on any atom is -0.365 e. The molecule has 3 rings (SSSR count). The summed E-state index contributed by atoms with van der Waals surface area (Å²) in [5, 5.41) is 8.80. The van der Waals surface area contributed by atoms with Gasteiger partial charge in [0.05, 0.1) is 16.4 Å². The van der Waals surface area contributed by atoms with E-state index in [-0.39, 0.29) is 5.02 Å². The second kappa shape index (κ2) is 5.95. The Bertz CT molecular complexity index is 693. The number of nitrogens with zero attached hydrogens (tertiary/aromatic N) is 3. The van der Waals surface area contributed by atoms with Crippen molar-refractivity contribution < 1.29 is 4.39 Å². The van der Waals surface area contributed by atoms with Crippen molar-refractivity contribution >= 4 is 40.5 Å². The van der Waals surface area contributed by atoms with Crippen molar-refractivity contribution in [2.75, 3.05) is 11.4 Å². The molecule has 110 valence electrons. The average Bonchev–Trinajstić information content (AvgIpc) is 2.48. The first-order valence-corrected chi connectivity index (χ1v) is 7.59. The smallest absolute Gasteiger partial charge is 0.153 e. The Kier molecular flexibility index (Phi) is 4.20. The summed E-state index contributed by atoms with van der Waals surface area (Å²) in [6, 6.07) is 4.55. The van der Waals surface area contributed by atoms with Gasteiger partial charge in [0.15, 0.2) is 5.15 Å². The van der Waals surface area contributed by atoms with E-state index in [1.54, 1.807) is 6.07 Å². The molecular formula is C14H11Cl3FN3. The van der Waals surface area contributed by atoms with Crippen LogP contribution in [0.5, 0.6) is 0 Å². The Labute approximate surface area is 136 Å². The number of aryl methyl sites for hydroxylation is 1. The number of aromatic nitrogens is 2. The molecule has 0 aliphatic carbocycles. The fourth-order valence-electron chi connectivity index (χ4n) is 2.46. The molecular weight excluding hydrogens is 336 g/mol. The van der Waals surface area contributed by atoms with Crippen molar-refractivity contribution in [3.8, 4) is 0 Å². The molecule has 2 heterocycles. The molecule has 0 amide bonds. The molecule has 1 aromatic carbocycles. The van der Waals surface area contributed by atoms with Crippen molar-refractivity contribution in [2.24, 2.45) is 0 Å². The molecule has 0 fully saturated rings.